The molecule has 3 unspecified atom stereocenters. The number of hydrogen-bond donors (Lipinski definition) is 4. The Hall–Kier alpha value is -2.16. The second kappa shape index (κ2) is 14.0. The minimum absolute atomic E-state index is 0.376. The van der Waals surface area contributed by atoms with Gasteiger partial charge in [0.25, 0.3) is 0 Å². The van der Waals surface area contributed by atoms with Gasteiger partial charge in [0.05, 0.1) is 12.1 Å². The molecule has 1 rings (SSSR count). The van der Waals surface area contributed by atoms with E-state index in [1.165, 1.54) is 0 Å². The van der Waals surface area contributed by atoms with E-state index in [-0.39, 0.29) is 0 Å². The Balaban J connectivity index is 3.18. The number of nitrogens with zero attached hydrogens (tertiary/aromatic N) is 1. The normalized spacial score (nSPS) is 14.1. The molecule has 168 valence electrons. The van der Waals surface area contributed by atoms with Crippen LogP contribution in [-0.4, -0.2) is 41.8 Å². The number of aromatic nitrogens is 1. The molecule has 0 fully saturated rings. The van der Waals surface area contributed by atoms with E-state index in [1.54, 1.807) is 0 Å². The number of pyridine rings is 1. The number of carbonyl (C=O) groups excluding carboxylic acids is 2. The maximum atomic E-state index is 11.0. The highest BCUT2D eigenvalue weighted by Crippen LogP contribution is 2.20. The first-order valence-electron chi connectivity index (χ1n) is 10.8. The quantitative estimate of drug-likeness (QED) is 0.223. The first-order valence-corrected chi connectivity index (χ1v) is 10.8. The van der Waals surface area contributed by atoms with Gasteiger partial charge in [-0.1, -0.05) is 13.3 Å². The fourth-order valence-corrected chi connectivity index (χ4v) is 3.42. The molecule has 8 nitrogen and oxygen atoms in total. The third-order valence-electron chi connectivity index (χ3n) is 5.29. The first-order chi connectivity index (χ1) is 14.3. The summed E-state index contributed by atoms with van der Waals surface area (Å²) in [5.41, 5.74) is 20.6. The molecule has 0 bridgehead atoms. The van der Waals surface area contributed by atoms with Gasteiger partial charge in [0.1, 0.15) is 25.2 Å². The van der Waals surface area contributed by atoms with Crippen LogP contribution >= 0.6 is 0 Å². The van der Waals surface area contributed by atoms with Crippen molar-refractivity contribution in [1.82, 2.24) is 0 Å². The predicted molar refractivity (Wildman–Crippen MR) is 115 cm³/mol. The van der Waals surface area contributed by atoms with Gasteiger partial charge >= 0.3 is 5.97 Å². The van der Waals surface area contributed by atoms with Gasteiger partial charge < -0.3 is 31.9 Å². The van der Waals surface area contributed by atoms with Gasteiger partial charge in [-0.05, 0) is 50.5 Å². The second-order valence-electron chi connectivity index (χ2n) is 7.89. The molecule has 0 aromatic carbocycles. The summed E-state index contributed by atoms with van der Waals surface area (Å²) in [5.74, 6) is -1.00. The molecule has 0 aliphatic heterocycles. The van der Waals surface area contributed by atoms with Crippen LogP contribution in [0.1, 0.15) is 62.1 Å². The lowest BCUT2D eigenvalue weighted by molar-refractivity contribution is -0.698. The zero-order valence-corrected chi connectivity index (χ0v) is 18.0. The highest BCUT2D eigenvalue weighted by atomic mass is 16.4. The molecule has 0 aliphatic rings. The molecule has 8 heteroatoms. The number of aldehydes is 2. The van der Waals surface area contributed by atoms with E-state index in [4.69, 9.17) is 22.3 Å². The van der Waals surface area contributed by atoms with E-state index < -0.39 is 24.1 Å². The molecule has 1 heterocycles. The Labute approximate surface area is 178 Å². The monoisotopic (exact) mass is 421 g/mol. The third-order valence-corrected chi connectivity index (χ3v) is 5.29. The third kappa shape index (κ3) is 9.11. The zero-order chi connectivity index (χ0) is 22.5. The number of carboxylic acids is 1. The Kier molecular flexibility index (Phi) is 12.0. The number of carboxylic acid groups (broad SMARTS) is 1. The van der Waals surface area contributed by atoms with E-state index in [9.17, 15) is 14.4 Å². The van der Waals surface area contributed by atoms with E-state index in [0.29, 0.717) is 44.9 Å². The van der Waals surface area contributed by atoms with Crippen molar-refractivity contribution in [1.29, 1.82) is 0 Å². The number of carbonyl (C=O) groups is 3. The molecular formula is C22H37N4O4+. The Morgan fingerprint density at radius 1 is 0.967 bits per heavy atom. The van der Waals surface area contributed by atoms with Crippen molar-refractivity contribution in [3.05, 3.63) is 29.1 Å². The van der Waals surface area contributed by atoms with Gasteiger partial charge in [-0.15, -0.1) is 0 Å². The molecule has 1 aromatic rings. The van der Waals surface area contributed by atoms with Crippen LogP contribution in [0.25, 0.3) is 0 Å². The van der Waals surface area contributed by atoms with Crippen molar-refractivity contribution < 1.29 is 24.1 Å². The predicted octanol–water partition coefficient (Wildman–Crippen LogP) is 0.426. The van der Waals surface area contributed by atoms with Crippen LogP contribution in [0.5, 0.6) is 0 Å². The molecule has 0 saturated carbocycles. The summed E-state index contributed by atoms with van der Waals surface area (Å²) in [7, 11) is 0. The summed E-state index contributed by atoms with van der Waals surface area (Å²) in [4.78, 5) is 32.9. The zero-order valence-electron chi connectivity index (χ0n) is 18.0. The van der Waals surface area contributed by atoms with Crippen LogP contribution in [0.4, 0.5) is 0 Å². The van der Waals surface area contributed by atoms with Crippen molar-refractivity contribution in [2.45, 2.75) is 89.4 Å². The van der Waals surface area contributed by atoms with Crippen molar-refractivity contribution in [2.75, 3.05) is 0 Å². The number of unbranched alkanes of at least 4 members (excludes halogenated alkanes) is 1. The van der Waals surface area contributed by atoms with E-state index >= 15 is 0 Å². The van der Waals surface area contributed by atoms with Crippen molar-refractivity contribution in [2.24, 2.45) is 17.2 Å². The highest BCUT2D eigenvalue weighted by Gasteiger charge is 2.19. The standard InChI is InChI=1S/C22H36N4O4/c1-2-3-11-26-12-16(7-9-18(23)14-27)20(5-4-6-21(25)22(29)30)17(13-26)8-10-19(24)15-28/h12-15,18-19,21H,2-11,23-25H2,1H3/p+1. The lowest BCUT2D eigenvalue weighted by Crippen LogP contribution is -2.36. The Bertz CT molecular complexity index is 657. The molecule has 0 aliphatic carbocycles. The van der Waals surface area contributed by atoms with Crippen molar-refractivity contribution in [3.8, 4) is 0 Å². The van der Waals surface area contributed by atoms with Gasteiger partial charge in [-0.25, -0.2) is 4.57 Å². The van der Waals surface area contributed by atoms with Crippen LogP contribution in [-0.2, 0) is 40.2 Å². The van der Waals surface area contributed by atoms with Gasteiger partial charge in [0.2, 0.25) is 0 Å². The summed E-state index contributed by atoms with van der Waals surface area (Å²) >= 11 is 0. The summed E-state index contributed by atoms with van der Waals surface area (Å²) < 4.78 is 2.15. The van der Waals surface area contributed by atoms with E-state index in [0.717, 1.165) is 48.6 Å². The van der Waals surface area contributed by atoms with Crippen molar-refractivity contribution in [3.63, 3.8) is 0 Å². The molecule has 30 heavy (non-hydrogen) atoms. The van der Waals surface area contributed by atoms with Crippen LogP contribution in [0.3, 0.4) is 0 Å². The molecule has 0 spiro atoms. The van der Waals surface area contributed by atoms with Gasteiger partial charge in [0.15, 0.2) is 12.4 Å². The van der Waals surface area contributed by atoms with Crippen LogP contribution in [0.2, 0.25) is 0 Å². The SMILES string of the molecule is CCCC[n+]1cc(CCC(N)C=O)c(CCCC(N)C(=O)O)c(CCC(N)C=O)c1. The van der Waals surface area contributed by atoms with E-state index in [2.05, 4.69) is 23.9 Å². The Morgan fingerprint density at radius 3 is 1.93 bits per heavy atom. The number of aliphatic carboxylic acids is 1. The average molecular weight is 422 g/mol. The summed E-state index contributed by atoms with van der Waals surface area (Å²) in [5, 5.41) is 9.03. The largest absolute Gasteiger partial charge is 0.480 e. The highest BCUT2D eigenvalue weighted by molar-refractivity contribution is 5.72. The van der Waals surface area contributed by atoms with Crippen LogP contribution in [0.15, 0.2) is 12.4 Å². The molecule has 0 amide bonds. The summed E-state index contributed by atoms with van der Waals surface area (Å²) in [6.07, 6.45) is 11.9. The fourth-order valence-electron chi connectivity index (χ4n) is 3.42. The molecular weight excluding hydrogens is 384 g/mol. The molecule has 0 saturated heterocycles. The summed E-state index contributed by atoms with van der Waals surface area (Å²) in [6, 6.07) is -1.92. The maximum Gasteiger partial charge on any atom is 0.320 e. The van der Waals surface area contributed by atoms with Gasteiger partial charge in [0, 0.05) is 17.5 Å². The number of nitrogens with two attached hydrogens (primary N) is 3. The number of hydrogen-bond acceptors (Lipinski definition) is 6. The smallest absolute Gasteiger partial charge is 0.320 e. The van der Waals surface area contributed by atoms with E-state index in [1.807, 2.05) is 0 Å². The molecule has 3 atom stereocenters. The second-order valence-corrected chi connectivity index (χ2v) is 7.89. The number of aryl methyl sites for hydroxylation is 3. The molecule has 0 radical (unpaired) electrons. The lowest BCUT2D eigenvalue weighted by Gasteiger charge is -2.16. The maximum absolute atomic E-state index is 11.0. The lowest BCUT2D eigenvalue weighted by atomic mass is 9.91. The van der Waals surface area contributed by atoms with Gasteiger partial charge in [-0.2, -0.15) is 0 Å². The Morgan fingerprint density at radius 2 is 1.50 bits per heavy atom. The van der Waals surface area contributed by atoms with Crippen molar-refractivity contribution >= 4 is 18.5 Å². The fraction of sp³-hybridized carbons (Fsp3) is 0.636. The van der Waals surface area contributed by atoms with Gasteiger partial charge in [-0.3, -0.25) is 4.79 Å². The minimum Gasteiger partial charge on any atom is -0.480 e. The molecule has 7 N–H and O–H groups in total. The first kappa shape index (κ1) is 25.9. The molecule has 1 aromatic heterocycles. The average Bonchev–Trinajstić information content (AvgIpc) is 2.74. The number of rotatable bonds is 16. The summed E-state index contributed by atoms with van der Waals surface area (Å²) in [6.45, 7) is 3.01. The topological polar surface area (TPSA) is 153 Å². The minimum atomic E-state index is -1.00. The van der Waals surface area contributed by atoms with Crippen LogP contribution < -0.4 is 21.8 Å². The van der Waals surface area contributed by atoms with Crippen LogP contribution in [0, 0.1) is 0 Å².